The lowest BCUT2D eigenvalue weighted by Crippen LogP contribution is -2.30. The average Bonchev–Trinajstić information content (AvgIpc) is 2.83. The second-order valence-electron chi connectivity index (χ2n) is 6.50. The molecule has 1 aliphatic heterocycles. The molecule has 118 valence electrons. The lowest BCUT2D eigenvalue weighted by Gasteiger charge is -2.11. The Balaban J connectivity index is 1.51. The maximum absolute atomic E-state index is 13.1. The summed E-state index contributed by atoms with van der Waals surface area (Å²) in [5.74, 6) is 1.50. The zero-order chi connectivity index (χ0) is 15.1. The summed E-state index contributed by atoms with van der Waals surface area (Å²) in [4.78, 5) is 0. The summed E-state index contributed by atoms with van der Waals surface area (Å²) >= 11 is 0. The molecule has 3 heteroatoms. The zero-order valence-electron chi connectivity index (χ0n) is 13.3. The van der Waals surface area contributed by atoms with Crippen LogP contribution in [0.25, 0.3) is 0 Å². The highest BCUT2D eigenvalue weighted by atomic mass is 19.1. The van der Waals surface area contributed by atoms with E-state index in [4.69, 9.17) is 4.74 Å². The Labute approximate surface area is 128 Å². The molecule has 0 radical (unpaired) electrons. The fraction of sp³-hybridized carbons (Fsp3) is 0.667. The molecule has 1 heterocycles. The number of hydrogen-bond donors (Lipinski definition) is 1. The van der Waals surface area contributed by atoms with E-state index < -0.39 is 0 Å². The van der Waals surface area contributed by atoms with Gasteiger partial charge in [0.15, 0.2) is 0 Å². The van der Waals surface area contributed by atoms with E-state index in [1.807, 2.05) is 0 Å². The van der Waals surface area contributed by atoms with Gasteiger partial charge in [-0.2, -0.15) is 0 Å². The molecule has 0 amide bonds. The summed E-state index contributed by atoms with van der Waals surface area (Å²) < 4.78 is 18.9. The summed E-state index contributed by atoms with van der Waals surface area (Å²) in [5.41, 5.74) is 0.996. The molecule has 1 aromatic rings. The van der Waals surface area contributed by atoms with E-state index in [1.54, 1.807) is 12.1 Å². The Morgan fingerprint density at radius 1 is 1.24 bits per heavy atom. The molecule has 0 aliphatic carbocycles. The topological polar surface area (TPSA) is 21.3 Å². The van der Waals surface area contributed by atoms with Crippen molar-refractivity contribution in [1.29, 1.82) is 0 Å². The van der Waals surface area contributed by atoms with Gasteiger partial charge in [-0.05, 0) is 37.1 Å². The molecule has 1 atom stereocenters. The second kappa shape index (κ2) is 8.38. The number of ether oxygens (including phenoxy) is 1. The average molecular weight is 293 g/mol. The highest BCUT2D eigenvalue weighted by Crippen LogP contribution is 2.28. The van der Waals surface area contributed by atoms with Crippen molar-refractivity contribution >= 4 is 0 Å². The molecule has 21 heavy (non-hydrogen) atoms. The normalized spacial score (nSPS) is 17.0. The van der Waals surface area contributed by atoms with Crippen LogP contribution in [0.4, 0.5) is 4.39 Å². The number of fused-ring (bicyclic) bond motifs is 1. The summed E-state index contributed by atoms with van der Waals surface area (Å²) in [6.07, 6.45) is 7.53. The van der Waals surface area contributed by atoms with E-state index in [-0.39, 0.29) is 11.9 Å². The van der Waals surface area contributed by atoms with Gasteiger partial charge < -0.3 is 10.1 Å². The first-order chi connectivity index (χ1) is 10.1. The molecule has 0 spiro atoms. The molecular weight excluding hydrogens is 265 g/mol. The first-order valence-electron chi connectivity index (χ1n) is 8.31. The van der Waals surface area contributed by atoms with Crippen molar-refractivity contribution in [2.24, 2.45) is 5.92 Å². The van der Waals surface area contributed by atoms with Crippen LogP contribution in [0.1, 0.15) is 51.5 Å². The van der Waals surface area contributed by atoms with E-state index in [1.165, 1.54) is 38.2 Å². The Morgan fingerprint density at radius 2 is 2.05 bits per heavy atom. The molecule has 0 bridgehead atoms. The molecule has 0 saturated carbocycles. The van der Waals surface area contributed by atoms with Crippen LogP contribution in [0.3, 0.4) is 0 Å². The van der Waals surface area contributed by atoms with E-state index in [2.05, 4.69) is 19.2 Å². The summed E-state index contributed by atoms with van der Waals surface area (Å²) in [6, 6.07) is 4.79. The zero-order valence-corrected chi connectivity index (χ0v) is 13.3. The van der Waals surface area contributed by atoms with Crippen LogP contribution in [0.5, 0.6) is 5.75 Å². The molecule has 1 aliphatic rings. The number of unbranched alkanes of at least 4 members (excludes halogenated alkanes) is 3. The summed E-state index contributed by atoms with van der Waals surface area (Å²) in [7, 11) is 0. The van der Waals surface area contributed by atoms with Gasteiger partial charge in [-0.15, -0.1) is 0 Å². The van der Waals surface area contributed by atoms with Crippen LogP contribution in [0.2, 0.25) is 0 Å². The minimum Gasteiger partial charge on any atom is -0.488 e. The smallest absolute Gasteiger partial charge is 0.123 e. The van der Waals surface area contributed by atoms with Crippen molar-refractivity contribution < 1.29 is 9.13 Å². The van der Waals surface area contributed by atoms with Crippen molar-refractivity contribution in [3.63, 3.8) is 0 Å². The molecule has 0 aromatic heterocycles. The Bertz CT molecular complexity index is 433. The highest BCUT2D eigenvalue weighted by Gasteiger charge is 2.22. The predicted molar refractivity (Wildman–Crippen MR) is 85.3 cm³/mol. The van der Waals surface area contributed by atoms with Crippen LogP contribution < -0.4 is 10.1 Å². The van der Waals surface area contributed by atoms with Gasteiger partial charge >= 0.3 is 0 Å². The van der Waals surface area contributed by atoms with Gasteiger partial charge in [0, 0.05) is 18.5 Å². The molecular formula is C18H28FNO. The van der Waals surface area contributed by atoms with E-state index in [0.29, 0.717) is 0 Å². The van der Waals surface area contributed by atoms with Crippen LogP contribution in [0, 0.1) is 11.7 Å². The number of halogens is 1. The van der Waals surface area contributed by atoms with Crippen molar-refractivity contribution in [2.75, 3.05) is 13.1 Å². The van der Waals surface area contributed by atoms with Crippen molar-refractivity contribution in [1.82, 2.24) is 5.32 Å². The van der Waals surface area contributed by atoms with Gasteiger partial charge in [-0.3, -0.25) is 0 Å². The first kappa shape index (κ1) is 16.3. The van der Waals surface area contributed by atoms with Gasteiger partial charge in [0.1, 0.15) is 17.7 Å². The van der Waals surface area contributed by atoms with Gasteiger partial charge in [0.25, 0.3) is 0 Å². The second-order valence-corrected chi connectivity index (χ2v) is 6.50. The Morgan fingerprint density at radius 3 is 2.86 bits per heavy atom. The monoisotopic (exact) mass is 293 g/mol. The molecule has 1 unspecified atom stereocenters. The third kappa shape index (κ3) is 5.66. The molecule has 0 fully saturated rings. The highest BCUT2D eigenvalue weighted by molar-refractivity contribution is 5.37. The van der Waals surface area contributed by atoms with E-state index in [0.717, 1.165) is 36.7 Å². The maximum Gasteiger partial charge on any atom is 0.123 e. The molecule has 2 rings (SSSR count). The van der Waals surface area contributed by atoms with Crippen LogP contribution in [0.15, 0.2) is 18.2 Å². The fourth-order valence-corrected chi connectivity index (χ4v) is 2.82. The van der Waals surface area contributed by atoms with Crippen LogP contribution in [-0.2, 0) is 6.42 Å². The third-order valence-electron chi connectivity index (χ3n) is 4.02. The predicted octanol–water partition coefficient (Wildman–Crippen LogP) is 4.33. The Kier molecular flexibility index (Phi) is 6.50. The molecule has 1 N–H and O–H groups in total. The van der Waals surface area contributed by atoms with Crippen LogP contribution in [-0.4, -0.2) is 19.2 Å². The van der Waals surface area contributed by atoms with Crippen molar-refractivity contribution in [2.45, 2.75) is 58.5 Å². The fourth-order valence-electron chi connectivity index (χ4n) is 2.82. The first-order valence-corrected chi connectivity index (χ1v) is 8.31. The summed E-state index contributed by atoms with van der Waals surface area (Å²) in [5, 5.41) is 3.46. The third-order valence-corrected chi connectivity index (χ3v) is 4.02. The largest absolute Gasteiger partial charge is 0.488 e. The number of rotatable bonds is 9. The number of nitrogens with one attached hydrogen (secondary N) is 1. The van der Waals surface area contributed by atoms with Gasteiger partial charge in [0.05, 0.1) is 0 Å². The number of hydrogen-bond acceptors (Lipinski definition) is 2. The lowest BCUT2D eigenvalue weighted by atomic mass is 10.0. The lowest BCUT2D eigenvalue weighted by molar-refractivity contribution is 0.227. The van der Waals surface area contributed by atoms with Crippen molar-refractivity contribution in [3.8, 4) is 5.75 Å². The minimum atomic E-state index is -0.174. The quantitative estimate of drug-likeness (QED) is 0.684. The number of benzene rings is 1. The maximum atomic E-state index is 13.1. The summed E-state index contributed by atoms with van der Waals surface area (Å²) in [6.45, 7) is 6.47. The van der Waals surface area contributed by atoms with Gasteiger partial charge in [0.2, 0.25) is 0 Å². The SMILES string of the molecule is CC(C)CCCCCCNCC1Cc2cc(F)ccc2O1. The van der Waals surface area contributed by atoms with Crippen LogP contribution >= 0.6 is 0 Å². The van der Waals surface area contributed by atoms with Gasteiger partial charge in [-0.1, -0.05) is 39.5 Å². The van der Waals surface area contributed by atoms with E-state index in [9.17, 15) is 4.39 Å². The van der Waals surface area contributed by atoms with E-state index >= 15 is 0 Å². The minimum absolute atomic E-state index is 0.155. The molecule has 1 aromatic carbocycles. The molecule has 2 nitrogen and oxygen atoms in total. The Hall–Kier alpha value is -1.09. The van der Waals surface area contributed by atoms with Gasteiger partial charge in [-0.25, -0.2) is 4.39 Å². The molecule has 0 saturated heterocycles. The standard InChI is InChI=1S/C18H28FNO/c1-14(2)7-5-3-4-6-10-20-13-17-12-15-11-16(19)8-9-18(15)21-17/h8-9,11,14,17,20H,3-7,10,12-13H2,1-2H3. The van der Waals surface area contributed by atoms with Crippen molar-refractivity contribution in [3.05, 3.63) is 29.6 Å².